The van der Waals surface area contributed by atoms with Crippen LogP contribution in [0.2, 0.25) is 0 Å². The van der Waals surface area contributed by atoms with E-state index < -0.39 is 10.0 Å². The summed E-state index contributed by atoms with van der Waals surface area (Å²) in [6, 6.07) is 13.0. The first-order valence-electron chi connectivity index (χ1n) is 11.2. The largest absolute Gasteiger partial charge is 0.494 e. The highest BCUT2D eigenvalue weighted by Crippen LogP contribution is 2.32. The third kappa shape index (κ3) is 5.14. The lowest BCUT2D eigenvalue weighted by atomic mass is 10.1. The predicted octanol–water partition coefficient (Wildman–Crippen LogP) is 3.15. The van der Waals surface area contributed by atoms with Gasteiger partial charge in [0.15, 0.2) is 0 Å². The molecule has 2 aromatic rings. The van der Waals surface area contributed by atoms with Gasteiger partial charge in [0, 0.05) is 31.7 Å². The number of carbonyl (C=O) groups excluding carboxylic acids is 1. The van der Waals surface area contributed by atoms with Crippen molar-refractivity contribution in [1.29, 1.82) is 0 Å². The zero-order chi connectivity index (χ0) is 22.6. The third-order valence-corrected chi connectivity index (χ3v) is 7.79. The van der Waals surface area contributed by atoms with Crippen molar-refractivity contribution in [2.75, 3.05) is 44.4 Å². The van der Waals surface area contributed by atoms with Gasteiger partial charge in [-0.1, -0.05) is 12.1 Å². The van der Waals surface area contributed by atoms with Gasteiger partial charge in [0.1, 0.15) is 5.75 Å². The lowest BCUT2D eigenvalue weighted by Crippen LogP contribution is -2.40. The molecule has 0 aliphatic carbocycles. The van der Waals surface area contributed by atoms with E-state index in [1.54, 1.807) is 23.1 Å². The molecule has 2 aliphatic heterocycles. The Bertz CT molecular complexity index is 1060. The van der Waals surface area contributed by atoms with Crippen LogP contribution in [0.15, 0.2) is 47.4 Å². The molecule has 8 heteroatoms. The fourth-order valence-corrected chi connectivity index (χ4v) is 5.60. The van der Waals surface area contributed by atoms with Gasteiger partial charge in [-0.05, 0) is 67.6 Å². The summed E-state index contributed by atoms with van der Waals surface area (Å²) in [5.41, 5.74) is 2.90. The summed E-state index contributed by atoms with van der Waals surface area (Å²) in [5.74, 6) is 0.927. The van der Waals surface area contributed by atoms with Gasteiger partial charge < -0.3 is 14.4 Å². The maximum atomic E-state index is 12.9. The topological polar surface area (TPSA) is 76.2 Å². The van der Waals surface area contributed by atoms with Crippen molar-refractivity contribution >= 4 is 21.6 Å². The number of anilines is 1. The van der Waals surface area contributed by atoms with Crippen LogP contribution in [0.5, 0.6) is 5.75 Å². The van der Waals surface area contributed by atoms with E-state index in [1.165, 1.54) is 4.31 Å². The Morgan fingerprint density at radius 1 is 1.06 bits per heavy atom. The van der Waals surface area contributed by atoms with Gasteiger partial charge in [-0.25, -0.2) is 8.42 Å². The molecule has 2 aromatic carbocycles. The number of fused-ring (bicyclic) bond motifs is 1. The van der Waals surface area contributed by atoms with Gasteiger partial charge in [-0.3, -0.25) is 4.79 Å². The molecule has 0 atom stereocenters. The number of rotatable bonds is 8. The SMILES string of the molecule is Cc1cccc(OCCCCC(=O)N2CCc3cc(S(=O)(=O)N4CCOCC4)ccc32)c1. The standard InChI is InChI=1S/C24H30N2O5S/c1-19-5-4-6-21(17-19)31-14-3-2-7-24(27)26-11-10-20-18-22(8-9-23(20)26)32(28,29)25-12-15-30-16-13-25/h4-6,8-9,17-18H,2-3,7,10-16H2,1H3. The molecule has 0 spiro atoms. The molecule has 0 saturated carbocycles. The van der Waals surface area contributed by atoms with Crippen LogP contribution in [-0.2, 0) is 26.0 Å². The van der Waals surface area contributed by atoms with E-state index in [0.717, 1.165) is 35.4 Å². The lowest BCUT2D eigenvalue weighted by Gasteiger charge is -2.26. The van der Waals surface area contributed by atoms with Crippen molar-refractivity contribution in [3.05, 3.63) is 53.6 Å². The molecule has 0 aromatic heterocycles. The number of hydrogen-bond donors (Lipinski definition) is 0. The van der Waals surface area contributed by atoms with E-state index in [4.69, 9.17) is 9.47 Å². The van der Waals surface area contributed by atoms with Crippen molar-refractivity contribution in [2.45, 2.75) is 37.5 Å². The van der Waals surface area contributed by atoms with Crippen molar-refractivity contribution < 1.29 is 22.7 Å². The maximum absolute atomic E-state index is 12.9. The first-order chi connectivity index (χ1) is 15.4. The molecule has 0 N–H and O–H groups in total. The van der Waals surface area contributed by atoms with Crippen molar-refractivity contribution in [1.82, 2.24) is 4.31 Å². The van der Waals surface area contributed by atoms with E-state index in [1.807, 2.05) is 31.2 Å². The number of nitrogens with zero attached hydrogens (tertiary/aromatic N) is 2. The van der Waals surface area contributed by atoms with Crippen molar-refractivity contribution in [3.8, 4) is 5.75 Å². The molecule has 0 bridgehead atoms. The average molecular weight is 459 g/mol. The first kappa shape index (κ1) is 22.8. The molecule has 2 heterocycles. The number of carbonyl (C=O) groups is 1. The molecule has 7 nitrogen and oxygen atoms in total. The minimum absolute atomic E-state index is 0.0723. The zero-order valence-corrected chi connectivity index (χ0v) is 19.3. The Morgan fingerprint density at radius 3 is 2.66 bits per heavy atom. The molecule has 1 amide bonds. The third-order valence-electron chi connectivity index (χ3n) is 5.90. The van der Waals surface area contributed by atoms with E-state index in [0.29, 0.717) is 57.2 Å². The smallest absolute Gasteiger partial charge is 0.243 e. The molecule has 1 fully saturated rings. The minimum Gasteiger partial charge on any atom is -0.494 e. The van der Waals surface area contributed by atoms with Gasteiger partial charge >= 0.3 is 0 Å². The summed E-state index contributed by atoms with van der Waals surface area (Å²) in [6.07, 6.45) is 2.67. The van der Waals surface area contributed by atoms with Crippen LogP contribution >= 0.6 is 0 Å². The Kier molecular flexibility index (Phi) is 7.13. The van der Waals surface area contributed by atoms with Crippen LogP contribution in [0, 0.1) is 6.92 Å². The first-order valence-corrected chi connectivity index (χ1v) is 12.6. The summed E-state index contributed by atoms with van der Waals surface area (Å²) >= 11 is 0. The second-order valence-corrected chi connectivity index (χ2v) is 10.2. The molecule has 0 unspecified atom stereocenters. The normalized spacial score (nSPS) is 16.7. The highest BCUT2D eigenvalue weighted by atomic mass is 32.2. The van der Waals surface area contributed by atoms with Crippen LogP contribution < -0.4 is 9.64 Å². The fourth-order valence-electron chi connectivity index (χ4n) is 4.14. The van der Waals surface area contributed by atoms with Crippen LogP contribution in [0.25, 0.3) is 0 Å². The van der Waals surface area contributed by atoms with Crippen molar-refractivity contribution in [2.24, 2.45) is 0 Å². The van der Waals surface area contributed by atoms with Crippen LogP contribution in [0.4, 0.5) is 5.69 Å². The summed E-state index contributed by atoms with van der Waals surface area (Å²) in [4.78, 5) is 14.8. The van der Waals surface area contributed by atoms with Crippen LogP contribution in [0.3, 0.4) is 0 Å². The Labute approximate surface area is 190 Å². The van der Waals surface area contributed by atoms with E-state index >= 15 is 0 Å². The number of hydrogen-bond acceptors (Lipinski definition) is 5. The highest BCUT2D eigenvalue weighted by Gasteiger charge is 2.30. The number of aryl methyl sites for hydroxylation is 1. The van der Waals surface area contributed by atoms with Gasteiger partial charge in [0.2, 0.25) is 15.9 Å². The summed E-state index contributed by atoms with van der Waals surface area (Å²) < 4.78 is 38.3. The van der Waals surface area contributed by atoms with E-state index in [9.17, 15) is 13.2 Å². The quantitative estimate of drug-likeness (QED) is 0.568. The number of sulfonamides is 1. The van der Waals surface area contributed by atoms with E-state index in [2.05, 4.69) is 0 Å². The summed E-state index contributed by atoms with van der Waals surface area (Å²) in [6.45, 7) is 4.78. The van der Waals surface area contributed by atoms with Gasteiger partial charge in [0.05, 0.1) is 24.7 Å². The Balaban J connectivity index is 1.30. The number of benzene rings is 2. The highest BCUT2D eigenvalue weighted by molar-refractivity contribution is 7.89. The number of ether oxygens (including phenoxy) is 2. The summed E-state index contributed by atoms with van der Waals surface area (Å²) in [7, 11) is -3.53. The average Bonchev–Trinajstić information content (AvgIpc) is 3.23. The second kappa shape index (κ2) is 10.0. The summed E-state index contributed by atoms with van der Waals surface area (Å²) in [5, 5.41) is 0. The minimum atomic E-state index is -3.53. The molecular weight excluding hydrogens is 428 g/mol. The number of unbranched alkanes of at least 4 members (excludes halogenated alkanes) is 1. The Morgan fingerprint density at radius 2 is 1.88 bits per heavy atom. The molecule has 4 rings (SSSR count). The molecule has 1 saturated heterocycles. The molecule has 172 valence electrons. The molecule has 0 radical (unpaired) electrons. The lowest BCUT2D eigenvalue weighted by molar-refractivity contribution is -0.118. The van der Waals surface area contributed by atoms with Gasteiger partial charge in [-0.15, -0.1) is 0 Å². The van der Waals surface area contributed by atoms with E-state index in [-0.39, 0.29) is 5.91 Å². The zero-order valence-electron chi connectivity index (χ0n) is 18.5. The number of amides is 1. The number of morpholine rings is 1. The molecule has 2 aliphatic rings. The van der Waals surface area contributed by atoms with Crippen molar-refractivity contribution in [3.63, 3.8) is 0 Å². The van der Waals surface area contributed by atoms with Gasteiger partial charge in [-0.2, -0.15) is 4.31 Å². The maximum Gasteiger partial charge on any atom is 0.243 e. The Hall–Kier alpha value is -2.42. The monoisotopic (exact) mass is 458 g/mol. The predicted molar refractivity (Wildman–Crippen MR) is 123 cm³/mol. The fraction of sp³-hybridized carbons (Fsp3) is 0.458. The van der Waals surface area contributed by atoms with Crippen LogP contribution in [0.1, 0.15) is 30.4 Å². The van der Waals surface area contributed by atoms with Crippen LogP contribution in [-0.4, -0.2) is 58.1 Å². The molecular formula is C24H30N2O5S. The molecule has 32 heavy (non-hydrogen) atoms. The second-order valence-electron chi connectivity index (χ2n) is 8.22. The van der Waals surface area contributed by atoms with Gasteiger partial charge in [0.25, 0.3) is 0 Å².